The molecule has 210 valence electrons. The van der Waals surface area contributed by atoms with E-state index >= 15 is 0 Å². The summed E-state index contributed by atoms with van der Waals surface area (Å²) in [5.41, 5.74) is 8.38. The van der Waals surface area contributed by atoms with E-state index in [1.54, 1.807) is 0 Å². The number of aryl methyl sites for hydroxylation is 1. The monoisotopic (exact) mass is 583 g/mol. The summed E-state index contributed by atoms with van der Waals surface area (Å²) in [5.74, 6) is 0. The van der Waals surface area contributed by atoms with Crippen LogP contribution in [-0.4, -0.2) is 0 Å². The van der Waals surface area contributed by atoms with E-state index in [2.05, 4.69) is 163 Å². The van der Waals surface area contributed by atoms with Crippen molar-refractivity contribution in [2.75, 3.05) is 4.90 Å². The van der Waals surface area contributed by atoms with Crippen LogP contribution >= 0.6 is 15.8 Å². The zero-order valence-corrected chi connectivity index (χ0v) is 27.5. The maximum absolute atomic E-state index is 2.62. The van der Waals surface area contributed by atoms with Gasteiger partial charge >= 0.3 is 0 Å². The summed E-state index contributed by atoms with van der Waals surface area (Å²) in [4.78, 5) is 2.62. The Morgan fingerprint density at radius 2 is 0.881 bits per heavy atom. The lowest BCUT2D eigenvalue weighted by atomic mass is 9.86. The Morgan fingerprint density at radius 3 is 1.26 bits per heavy atom. The van der Waals surface area contributed by atoms with Gasteiger partial charge in [0, 0.05) is 21.2 Å². The molecule has 5 aromatic carbocycles. The van der Waals surface area contributed by atoms with Gasteiger partial charge in [0.15, 0.2) is 0 Å². The van der Waals surface area contributed by atoms with Crippen LogP contribution < -0.4 is 36.7 Å². The second-order valence-electron chi connectivity index (χ2n) is 13.7. The van der Waals surface area contributed by atoms with Gasteiger partial charge in [-0.05, 0) is 97.3 Å². The Balaban J connectivity index is 1.60. The molecule has 2 aliphatic heterocycles. The van der Waals surface area contributed by atoms with Gasteiger partial charge in [-0.15, -0.1) is 0 Å². The number of hydrogen-bond acceptors (Lipinski definition) is 1. The summed E-state index contributed by atoms with van der Waals surface area (Å²) in [6, 6.07) is 42.1. The number of nitrogens with zero attached hydrogens (tertiary/aromatic N) is 1. The van der Waals surface area contributed by atoms with Crippen molar-refractivity contribution >= 4 is 64.7 Å². The third-order valence-corrected chi connectivity index (χ3v) is 13.5. The average molecular weight is 584 g/mol. The maximum Gasteiger partial charge on any atom is 0.0629 e. The molecule has 2 heterocycles. The first-order valence-electron chi connectivity index (χ1n) is 15.0. The molecule has 0 saturated carbocycles. The van der Waals surface area contributed by atoms with Crippen LogP contribution in [0, 0.1) is 6.92 Å². The second-order valence-corrected chi connectivity index (χ2v) is 18.0. The van der Waals surface area contributed by atoms with Gasteiger partial charge in [0.25, 0.3) is 0 Å². The molecule has 3 heteroatoms. The van der Waals surface area contributed by atoms with Gasteiger partial charge in [-0.25, -0.2) is 0 Å². The molecule has 0 fully saturated rings. The molecule has 0 N–H and O–H groups in total. The number of fused-ring (bicyclic) bond motifs is 4. The van der Waals surface area contributed by atoms with Gasteiger partial charge in [-0.3, -0.25) is 0 Å². The fraction of sp³-hybridized carbons (Fsp3) is 0.231. The minimum atomic E-state index is -0.726. The van der Waals surface area contributed by atoms with Crippen LogP contribution in [0.15, 0.2) is 109 Å². The molecule has 0 amide bonds. The van der Waals surface area contributed by atoms with Crippen LogP contribution in [0.1, 0.15) is 58.2 Å². The number of rotatable bonds is 2. The third kappa shape index (κ3) is 4.45. The molecule has 2 aliphatic rings. The summed E-state index contributed by atoms with van der Waals surface area (Å²) in [6.45, 7) is 16.3. The minimum absolute atomic E-state index is 0.0772. The van der Waals surface area contributed by atoms with Crippen LogP contribution in [0.25, 0.3) is 0 Å². The molecule has 7 rings (SSSR count). The molecule has 2 unspecified atom stereocenters. The molecule has 5 aromatic rings. The SMILES string of the molecule is Cc1cc2c3c(c1)P(c1ccccc1)c1cc(C(C)(C)C)ccc1N3c1ccc(C(C)(C)C)cc1P2c1ccccc1. The van der Waals surface area contributed by atoms with Crippen molar-refractivity contribution in [3.63, 3.8) is 0 Å². The standard InChI is InChI=1S/C39H39NP2/c1-26-22-35-37-36(23-26)42(30-16-12-9-13-17-30)34-25-28(39(5,6)7)19-21-32(34)40(37)31-20-18-27(38(2,3)4)24-33(31)41(35)29-14-10-8-11-15-29/h8-25H,1-7H3. The molecule has 42 heavy (non-hydrogen) atoms. The molecule has 2 atom stereocenters. The summed E-state index contributed by atoms with van der Waals surface area (Å²) in [6.07, 6.45) is 0. The number of benzene rings is 5. The summed E-state index contributed by atoms with van der Waals surface area (Å²) < 4.78 is 0. The largest absolute Gasteiger partial charge is 0.308 e. The highest BCUT2D eigenvalue weighted by Crippen LogP contribution is 2.55. The molecule has 1 nitrogen and oxygen atoms in total. The zero-order valence-electron chi connectivity index (χ0n) is 25.7. The average Bonchev–Trinajstić information content (AvgIpc) is 2.96. The van der Waals surface area contributed by atoms with Gasteiger partial charge in [-0.2, -0.15) is 0 Å². The Morgan fingerprint density at radius 1 is 0.476 bits per heavy atom. The van der Waals surface area contributed by atoms with Gasteiger partial charge in [0.2, 0.25) is 0 Å². The van der Waals surface area contributed by atoms with Gasteiger partial charge in [-0.1, -0.05) is 114 Å². The molecule has 0 radical (unpaired) electrons. The van der Waals surface area contributed by atoms with E-state index in [1.165, 1.54) is 65.6 Å². The highest BCUT2D eigenvalue weighted by atomic mass is 31.1. The van der Waals surface area contributed by atoms with Crippen molar-refractivity contribution in [1.82, 2.24) is 0 Å². The third-order valence-electron chi connectivity index (χ3n) is 8.59. The first-order valence-corrected chi connectivity index (χ1v) is 17.6. The summed E-state index contributed by atoms with van der Waals surface area (Å²) in [7, 11) is -1.45. The first-order chi connectivity index (χ1) is 20.0. The van der Waals surface area contributed by atoms with Crippen LogP contribution in [-0.2, 0) is 10.8 Å². The lowest BCUT2D eigenvalue weighted by molar-refractivity contribution is 0.590. The van der Waals surface area contributed by atoms with Crippen molar-refractivity contribution in [2.24, 2.45) is 0 Å². The van der Waals surface area contributed by atoms with Crippen LogP contribution in [0.5, 0.6) is 0 Å². The highest BCUT2D eigenvalue weighted by Gasteiger charge is 2.41. The van der Waals surface area contributed by atoms with E-state index in [-0.39, 0.29) is 10.8 Å². The Labute approximate surface area is 254 Å². The molecular weight excluding hydrogens is 544 g/mol. The maximum atomic E-state index is 2.62. The van der Waals surface area contributed by atoms with E-state index in [4.69, 9.17) is 0 Å². The Hall–Kier alpha value is -3.24. The lowest BCUT2D eigenvalue weighted by Gasteiger charge is -2.45. The molecular formula is C39H39NP2. The number of anilines is 3. The molecule has 0 aromatic heterocycles. The highest BCUT2D eigenvalue weighted by molar-refractivity contribution is 7.82. The molecule has 0 saturated heterocycles. The van der Waals surface area contributed by atoms with Crippen LogP contribution in [0.4, 0.5) is 17.1 Å². The van der Waals surface area contributed by atoms with Crippen LogP contribution in [0.2, 0.25) is 0 Å². The second kappa shape index (κ2) is 9.91. The van der Waals surface area contributed by atoms with Gasteiger partial charge in [0.1, 0.15) is 0 Å². The smallest absolute Gasteiger partial charge is 0.0629 e. The quantitative estimate of drug-likeness (QED) is 0.186. The predicted molar refractivity (Wildman–Crippen MR) is 188 cm³/mol. The van der Waals surface area contributed by atoms with Crippen molar-refractivity contribution in [3.05, 3.63) is 126 Å². The topological polar surface area (TPSA) is 3.24 Å². The fourth-order valence-corrected chi connectivity index (χ4v) is 11.9. The van der Waals surface area contributed by atoms with Crippen molar-refractivity contribution in [2.45, 2.75) is 59.3 Å². The normalized spacial score (nSPS) is 17.4. The van der Waals surface area contributed by atoms with Gasteiger partial charge < -0.3 is 4.90 Å². The molecule has 0 spiro atoms. The first kappa shape index (κ1) is 27.6. The van der Waals surface area contributed by atoms with Crippen molar-refractivity contribution < 1.29 is 0 Å². The van der Waals surface area contributed by atoms with E-state index < -0.39 is 15.8 Å². The van der Waals surface area contributed by atoms with Crippen molar-refractivity contribution in [1.29, 1.82) is 0 Å². The van der Waals surface area contributed by atoms with E-state index in [0.717, 1.165) is 0 Å². The number of hydrogen-bond donors (Lipinski definition) is 0. The van der Waals surface area contributed by atoms with E-state index in [9.17, 15) is 0 Å². The molecule has 0 bridgehead atoms. The fourth-order valence-electron chi connectivity index (χ4n) is 6.37. The van der Waals surface area contributed by atoms with E-state index in [0.29, 0.717) is 0 Å². The minimum Gasteiger partial charge on any atom is -0.308 e. The van der Waals surface area contributed by atoms with Gasteiger partial charge in [0.05, 0.1) is 17.1 Å². The van der Waals surface area contributed by atoms with Crippen molar-refractivity contribution in [3.8, 4) is 0 Å². The lowest BCUT2D eigenvalue weighted by Crippen LogP contribution is -2.44. The zero-order chi connectivity index (χ0) is 29.4. The van der Waals surface area contributed by atoms with E-state index in [1.807, 2.05) is 0 Å². The Bertz CT molecular complexity index is 1680. The molecule has 0 aliphatic carbocycles. The predicted octanol–water partition coefficient (Wildman–Crippen LogP) is 8.20. The Kier molecular flexibility index (Phi) is 6.51. The summed E-state index contributed by atoms with van der Waals surface area (Å²) in [5, 5.41) is 8.74. The van der Waals surface area contributed by atoms with Crippen LogP contribution in [0.3, 0.4) is 0 Å². The summed E-state index contributed by atoms with van der Waals surface area (Å²) >= 11 is 0.